The van der Waals surface area contributed by atoms with E-state index >= 15 is 0 Å². The second-order valence-electron chi connectivity index (χ2n) is 6.28. The SMILES string of the molecule is CCC1=CC(C(=O)OC)(C(=O)OC)C=C1C[Si](C)(C)C. The van der Waals surface area contributed by atoms with E-state index in [-0.39, 0.29) is 0 Å². The number of hydrogen-bond acceptors (Lipinski definition) is 4. The Kier molecular flexibility index (Phi) is 4.97. The molecule has 4 nitrogen and oxygen atoms in total. The van der Waals surface area contributed by atoms with Gasteiger partial charge in [-0.25, -0.2) is 0 Å². The van der Waals surface area contributed by atoms with Crippen LogP contribution in [0, 0.1) is 5.41 Å². The first-order valence-corrected chi connectivity index (χ1v) is 10.5. The molecule has 1 aliphatic carbocycles. The Bertz CT molecular complexity index is 453. The van der Waals surface area contributed by atoms with E-state index in [2.05, 4.69) is 19.6 Å². The van der Waals surface area contributed by atoms with Crippen molar-refractivity contribution in [2.75, 3.05) is 14.2 Å². The van der Waals surface area contributed by atoms with Crippen molar-refractivity contribution in [1.29, 1.82) is 0 Å². The fourth-order valence-electron chi connectivity index (χ4n) is 2.50. The minimum Gasteiger partial charge on any atom is -0.468 e. The zero-order valence-corrected chi connectivity index (χ0v) is 14.2. The number of rotatable bonds is 5. The Hall–Kier alpha value is -1.36. The van der Waals surface area contributed by atoms with Gasteiger partial charge in [-0.05, 0) is 35.8 Å². The van der Waals surface area contributed by atoms with E-state index in [1.54, 1.807) is 12.2 Å². The number of ether oxygens (including phenoxy) is 2. The Morgan fingerprint density at radius 2 is 1.50 bits per heavy atom. The standard InChI is InChI=1S/C15H24O4Si/c1-7-11-8-15(13(16)18-2,14(17)19-3)9-12(11)10-20(4,5)6/h8-9H,7,10H2,1-6H3. The molecule has 0 fully saturated rings. The summed E-state index contributed by atoms with van der Waals surface area (Å²) in [6.45, 7) is 8.81. The molecule has 0 aromatic rings. The zero-order chi connectivity index (χ0) is 15.6. The Balaban J connectivity index is 3.31. The van der Waals surface area contributed by atoms with Crippen molar-refractivity contribution in [3.8, 4) is 0 Å². The largest absolute Gasteiger partial charge is 0.468 e. The van der Waals surface area contributed by atoms with Crippen LogP contribution in [0.5, 0.6) is 0 Å². The van der Waals surface area contributed by atoms with Crippen LogP contribution in [0.1, 0.15) is 13.3 Å². The van der Waals surface area contributed by atoms with Gasteiger partial charge in [0.05, 0.1) is 14.2 Å². The maximum absolute atomic E-state index is 12.1. The highest BCUT2D eigenvalue weighted by atomic mass is 28.3. The molecule has 0 saturated carbocycles. The summed E-state index contributed by atoms with van der Waals surface area (Å²) < 4.78 is 9.63. The molecule has 0 heterocycles. The first-order chi connectivity index (χ1) is 9.20. The average molecular weight is 296 g/mol. The quantitative estimate of drug-likeness (QED) is 0.445. The molecule has 5 heteroatoms. The summed E-state index contributed by atoms with van der Waals surface area (Å²) >= 11 is 0. The third kappa shape index (κ3) is 3.20. The lowest BCUT2D eigenvalue weighted by molar-refractivity contribution is -0.161. The van der Waals surface area contributed by atoms with E-state index in [0.29, 0.717) is 0 Å². The van der Waals surface area contributed by atoms with E-state index in [4.69, 9.17) is 9.47 Å². The molecule has 112 valence electrons. The van der Waals surface area contributed by atoms with E-state index in [1.807, 2.05) is 6.92 Å². The van der Waals surface area contributed by atoms with Gasteiger partial charge in [-0.1, -0.05) is 26.6 Å². The van der Waals surface area contributed by atoms with Gasteiger partial charge in [0.1, 0.15) is 0 Å². The van der Waals surface area contributed by atoms with Gasteiger partial charge < -0.3 is 9.47 Å². The maximum Gasteiger partial charge on any atom is 0.331 e. The molecule has 0 spiro atoms. The van der Waals surface area contributed by atoms with Gasteiger partial charge in [0.15, 0.2) is 0 Å². The predicted octanol–water partition coefficient (Wildman–Crippen LogP) is 2.93. The second-order valence-corrected chi connectivity index (χ2v) is 11.8. The lowest BCUT2D eigenvalue weighted by Crippen LogP contribution is -2.37. The molecule has 0 bridgehead atoms. The summed E-state index contributed by atoms with van der Waals surface area (Å²) in [6.07, 6.45) is 4.23. The molecular weight excluding hydrogens is 272 g/mol. The van der Waals surface area contributed by atoms with Gasteiger partial charge in [0.2, 0.25) is 5.41 Å². The Morgan fingerprint density at radius 1 is 1.05 bits per heavy atom. The smallest absolute Gasteiger partial charge is 0.331 e. The van der Waals surface area contributed by atoms with Gasteiger partial charge in [-0.15, -0.1) is 0 Å². The monoisotopic (exact) mass is 296 g/mol. The number of hydrogen-bond donors (Lipinski definition) is 0. The molecule has 0 radical (unpaired) electrons. The van der Waals surface area contributed by atoms with Gasteiger partial charge >= 0.3 is 11.9 Å². The van der Waals surface area contributed by atoms with Crippen LogP contribution in [-0.2, 0) is 19.1 Å². The van der Waals surface area contributed by atoms with Crippen LogP contribution in [0.15, 0.2) is 23.3 Å². The first kappa shape index (κ1) is 16.7. The molecule has 0 amide bonds. The van der Waals surface area contributed by atoms with Crippen LogP contribution in [0.2, 0.25) is 25.7 Å². The summed E-state index contributed by atoms with van der Waals surface area (Å²) in [5, 5.41) is 0. The predicted molar refractivity (Wildman–Crippen MR) is 81.1 cm³/mol. The third-order valence-electron chi connectivity index (χ3n) is 3.36. The highest BCUT2D eigenvalue weighted by Gasteiger charge is 2.48. The van der Waals surface area contributed by atoms with Gasteiger partial charge in [-0.2, -0.15) is 0 Å². The molecular formula is C15H24O4Si. The van der Waals surface area contributed by atoms with Crippen LogP contribution in [0.25, 0.3) is 0 Å². The number of methoxy groups -OCH3 is 2. The average Bonchev–Trinajstić information content (AvgIpc) is 2.74. The van der Waals surface area contributed by atoms with E-state index in [1.165, 1.54) is 14.2 Å². The van der Waals surface area contributed by atoms with Gasteiger partial charge in [0, 0.05) is 8.07 Å². The molecule has 1 rings (SSSR count). The van der Waals surface area contributed by atoms with Crippen LogP contribution in [-0.4, -0.2) is 34.2 Å². The van der Waals surface area contributed by atoms with Crippen molar-refractivity contribution in [1.82, 2.24) is 0 Å². The zero-order valence-electron chi connectivity index (χ0n) is 13.2. The fourth-order valence-corrected chi connectivity index (χ4v) is 3.97. The Morgan fingerprint density at radius 3 is 1.85 bits per heavy atom. The fraction of sp³-hybridized carbons (Fsp3) is 0.600. The van der Waals surface area contributed by atoms with Crippen molar-refractivity contribution in [2.45, 2.75) is 39.0 Å². The molecule has 0 saturated heterocycles. The Labute approximate surface area is 121 Å². The molecule has 20 heavy (non-hydrogen) atoms. The number of esters is 2. The van der Waals surface area contributed by atoms with Crippen LogP contribution in [0.3, 0.4) is 0 Å². The third-order valence-corrected chi connectivity index (χ3v) is 4.81. The summed E-state index contributed by atoms with van der Waals surface area (Å²) in [5.41, 5.74) is 0.731. The number of allylic oxidation sites excluding steroid dienone is 2. The van der Waals surface area contributed by atoms with E-state index in [9.17, 15) is 9.59 Å². The lowest BCUT2D eigenvalue weighted by Gasteiger charge is -2.20. The first-order valence-electron chi connectivity index (χ1n) is 6.81. The molecule has 0 aromatic heterocycles. The molecule has 0 N–H and O–H groups in total. The lowest BCUT2D eigenvalue weighted by atomic mass is 9.90. The molecule has 0 aliphatic heterocycles. The minimum atomic E-state index is -1.40. The normalized spacial score (nSPS) is 17.3. The van der Waals surface area contributed by atoms with Crippen molar-refractivity contribution in [3.63, 3.8) is 0 Å². The minimum absolute atomic E-state index is 0.583. The van der Waals surface area contributed by atoms with Crippen molar-refractivity contribution < 1.29 is 19.1 Å². The highest BCUT2D eigenvalue weighted by Crippen LogP contribution is 2.41. The van der Waals surface area contributed by atoms with Gasteiger partial charge in [0.25, 0.3) is 0 Å². The van der Waals surface area contributed by atoms with Crippen molar-refractivity contribution >= 4 is 20.0 Å². The van der Waals surface area contributed by atoms with Gasteiger partial charge in [-0.3, -0.25) is 9.59 Å². The topological polar surface area (TPSA) is 52.6 Å². The summed E-state index contributed by atoms with van der Waals surface area (Å²) in [5.74, 6) is -1.17. The van der Waals surface area contributed by atoms with Crippen molar-refractivity contribution in [3.05, 3.63) is 23.3 Å². The number of carbonyl (C=O) groups is 2. The summed E-state index contributed by atoms with van der Waals surface area (Å²) in [4.78, 5) is 24.2. The second kappa shape index (κ2) is 5.95. The van der Waals surface area contributed by atoms with Crippen molar-refractivity contribution in [2.24, 2.45) is 5.41 Å². The summed E-state index contributed by atoms with van der Waals surface area (Å²) in [6, 6.07) is 0.933. The van der Waals surface area contributed by atoms with Crippen LogP contribution in [0.4, 0.5) is 0 Å². The molecule has 0 aromatic carbocycles. The van der Waals surface area contributed by atoms with E-state index < -0.39 is 25.4 Å². The van der Waals surface area contributed by atoms with E-state index in [0.717, 1.165) is 23.6 Å². The molecule has 1 aliphatic rings. The molecule has 0 unspecified atom stereocenters. The molecule has 0 atom stereocenters. The number of carbonyl (C=O) groups excluding carboxylic acids is 2. The highest BCUT2D eigenvalue weighted by molar-refractivity contribution is 6.76. The maximum atomic E-state index is 12.1. The summed E-state index contributed by atoms with van der Waals surface area (Å²) in [7, 11) is 1.23. The van der Waals surface area contributed by atoms with Crippen LogP contribution < -0.4 is 0 Å². The van der Waals surface area contributed by atoms with Crippen LogP contribution >= 0.6 is 0 Å².